The molecule has 6 atom stereocenters. The van der Waals surface area contributed by atoms with E-state index in [-0.39, 0.29) is 5.92 Å². The highest BCUT2D eigenvalue weighted by Gasteiger charge is 2.34. The van der Waals surface area contributed by atoms with Crippen LogP contribution in [-0.2, 0) is 24.0 Å². The molecule has 3 amide bonds. The number of amides is 3. The Hall–Kier alpha value is -2.73. The second kappa shape index (κ2) is 16.0. The van der Waals surface area contributed by atoms with Gasteiger partial charge < -0.3 is 37.6 Å². The Bertz CT molecular complexity index is 703. The molecule has 0 saturated carbocycles. The van der Waals surface area contributed by atoms with Crippen molar-refractivity contribution in [3.05, 3.63) is 0 Å². The smallest absolute Gasteiger partial charge is 0.326 e. The van der Waals surface area contributed by atoms with Crippen LogP contribution in [0.3, 0.4) is 0 Å². The number of hydrogen-bond acceptors (Lipinski definition) is 7. The number of carbonyl (C=O) groups is 5. The molecule has 6 unspecified atom stereocenters. The third kappa shape index (κ3) is 10.9. The molecule has 0 bridgehead atoms. The molecule has 0 aliphatic rings. The first kappa shape index (κ1) is 31.3. The molecule has 0 aromatic rings. The van der Waals surface area contributed by atoms with E-state index in [0.29, 0.717) is 32.2 Å². The molecule has 0 aromatic carbocycles. The van der Waals surface area contributed by atoms with Gasteiger partial charge in [-0.3, -0.25) is 19.2 Å². The van der Waals surface area contributed by atoms with Crippen molar-refractivity contribution in [1.82, 2.24) is 16.0 Å². The van der Waals surface area contributed by atoms with Gasteiger partial charge in [0.2, 0.25) is 17.7 Å². The Morgan fingerprint density at radius 1 is 0.794 bits per heavy atom. The van der Waals surface area contributed by atoms with E-state index in [4.69, 9.17) is 16.6 Å². The van der Waals surface area contributed by atoms with Crippen molar-refractivity contribution in [2.24, 2.45) is 23.3 Å². The Kier molecular flexibility index (Phi) is 14.7. The van der Waals surface area contributed by atoms with Crippen molar-refractivity contribution >= 4 is 29.7 Å². The van der Waals surface area contributed by atoms with Gasteiger partial charge in [-0.2, -0.15) is 0 Å². The normalized spacial score (nSPS) is 16.3. The fraction of sp³-hybridized carbons (Fsp3) is 0.773. The van der Waals surface area contributed by atoms with Gasteiger partial charge in [-0.1, -0.05) is 47.0 Å². The molecule has 0 saturated heterocycles. The van der Waals surface area contributed by atoms with Crippen molar-refractivity contribution in [3.63, 3.8) is 0 Å². The predicted octanol–water partition coefficient (Wildman–Crippen LogP) is -0.451. The summed E-state index contributed by atoms with van der Waals surface area (Å²) in [7, 11) is 0. The van der Waals surface area contributed by atoms with Gasteiger partial charge in [-0.25, -0.2) is 4.79 Å². The van der Waals surface area contributed by atoms with Crippen LogP contribution in [0, 0.1) is 11.8 Å². The van der Waals surface area contributed by atoms with Crippen LogP contribution in [-0.4, -0.2) is 70.6 Å². The van der Waals surface area contributed by atoms with Crippen molar-refractivity contribution in [2.75, 3.05) is 6.54 Å². The minimum Gasteiger partial charge on any atom is -0.481 e. The average molecular weight is 488 g/mol. The van der Waals surface area contributed by atoms with Gasteiger partial charge in [0.15, 0.2) is 0 Å². The molecule has 9 N–H and O–H groups in total. The van der Waals surface area contributed by atoms with Gasteiger partial charge in [0.1, 0.15) is 18.1 Å². The van der Waals surface area contributed by atoms with Gasteiger partial charge in [0.25, 0.3) is 0 Å². The minimum atomic E-state index is -1.65. The molecule has 0 fully saturated rings. The number of unbranched alkanes of at least 4 members (excludes halogenated alkanes) is 1. The van der Waals surface area contributed by atoms with Crippen LogP contribution in [0.2, 0.25) is 0 Å². The number of hydrogen-bond donors (Lipinski definition) is 7. The molecule has 0 rings (SSSR count). The van der Waals surface area contributed by atoms with Gasteiger partial charge >= 0.3 is 11.9 Å². The highest BCUT2D eigenvalue weighted by molar-refractivity contribution is 5.94. The summed E-state index contributed by atoms with van der Waals surface area (Å²) >= 11 is 0. The number of carboxylic acid groups (broad SMARTS) is 2. The molecule has 34 heavy (non-hydrogen) atoms. The lowest BCUT2D eigenvalue weighted by Gasteiger charge is -2.30. The van der Waals surface area contributed by atoms with E-state index in [2.05, 4.69) is 16.0 Å². The Labute approximate surface area is 200 Å². The summed E-state index contributed by atoms with van der Waals surface area (Å²) in [6.45, 7) is 7.59. The summed E-state index contributed by atoms with van der Waals surface area (Å²) in [6, 6.07) is -4.56. The van der Waals surface area contributed by atoms with Gasteiger partial charge in [0.05, 0.1) is 12.5 Å². The maximum Gasteiger partial charge on any atom is 0.326 e. The molecule has 0 aliphatic heterocycles. The van der Waals surface area contributed by atoms with Crippen LogP contribution in [0.25, 0.3) is 0 Å². The first-order valence-corrected chi connectivity index (χ1v) is 11.7. The van der Waals surface area contributed by atoms with E-state index in [1.165, 1.54) is 0 Å². The predicted molar refractivity (Wildman–Crippen MR) is 125 cm³/mol. The second-order valence-electron chi connectivity index (χ2n) is 8.63. The van der Waals surface area contributed by atoms with Crippen molar-refractivity contribution in [1.29, 1.82) is 0 Å². The summed E-state index contributed by atoms with van der Waals surface area (Å²) in [6.07, 6.45) is 2.03. The maximum absolute atomic E-state index is 13.1. The molecule has 0 radical (unpaired) electrons. The summed E-state index contributed by atoms with van der Waals surface area (Å²) < 4.78 is 0. The molecular formula is C22H41N5O7. The summed E-state index contributed by atoms with van der Waals surface area (Å²) in [4.78, 5) is 60.8. The number of carboxylic acids is 2. The number of carbonyl (C=O) groups excluding carboxylic acids is 3. The number of aliphatic carboxylic acids is 2. The van der Waals surface area contributed by atoms with E-state index >= 15 is 0 Å². The van der Waals surface area contributed by atoms with Gasteiger partial charge in [0, 0.05) is 0 Å². The zero-order valence-corrected chi connectivity index (χ0v) is 20.5. The van der Waals surface area contributed by atoms with E-state index in [0.717, 1.165) is 6.42 Å². The summed E-state index contributed by atoms with van der Waals surface area (Å²) in [5.41, 5.74) is 11.4. The molecule has 0 aromatic heterocycles. The Balaban J connectivity index is 5.54. The van der Waals surface area contributed by atoms with Crippen molar-refractivity contribution in [3.8, 4) is 0 Å². The zero-order valence-electron chi connectivity index (χ0n) is 20.5. The lowest BCUT2D eigenvalue weighted by Crippen LogP contribution is -2.60. The fourth-order valence-corrected chi connectivity index (χ4v) is 3.18. The van der Waals surface area contributed by atoms with Crippen LogP contribution in [0.15, 0.2) is 0 Å². The number of nitrogens with two attached hydrogens (primary N) is 2. The first-order valence-electron chi connectivity index (χ1n) is 11.7. The summed E-state index contributed by atoms with van der Waals surface area (Å²) in [5.74, 6) is -5.48. The topological polar surface area (TPSA) is 214 Å². The van der Waals surface area contributed by atoms with E-state index < -0.39 is 66.2 Å². The molecular weight excluding hydrogens is 446 g/mol. The molecule has 0 aliphatic carbocycles. The van der Waals surface area contributed by atoms with Crippen molar-refractivity contribution in [2.45, 2.75) is 90.4 Å². The minimum absolute atomic E-state index is 0.278. The lowest BCUT2D eigenvalue weighted by atomic mass is 9.94. The molecule has 12 nitrogen and oxygen atoms in total. The molecule has 0 heterocycles. The molecule has 12 heteroatoms. The largest absolute Gasteiger partial charge is 0.481 e. The monoisotopic (exact) mass is 487 g/mol. The van der Waals surface area contributed by atoms with Gasteiger partial charge in [-0.15, -0.1) is 0 Å². The van der Waals surface area contributed by atoms with Gasteiger partial charge in [-0.05, 0) is 31.2 Å². The first-order chi connectivity index (χ1) is 15.9. The van der Waals surface area contributed by atoms with E-state index in [1.807, 2.05) is 6.92 Å². The summed E-state index contributed by atoms with van der Waals surface area (Å²) in [5, 5.41) is 25.6. The Morgan fingerprint density at radius 3 is 1.68 bits per heavy atom. The standard InChI is InChI=1S/C22H41N5O7/c1-5-12(3)17(20(31)25-15(22(33)34)11-16(28)29)27-21(32)18(13(4)6-2)26-19(30)14(24)9-7-8-10-23/h12-15,17-18H,5-11,23-24H2,1-4H3,(H,25,31)(H,26,30)(H,27,32)(H,28,29)(H,33,34). The molecule has 196 valence electrons. The highest BCUT2D eigenvalue weighted by atomic mass is 16.4. The number of nitrogens with one attached hydrogen (secondary N) is 3. The lowest BCUT2D eigenvalue weighted by molar-refractivity contribution is -0.147. The van der Waals surface area contributed by atoms with E-state index in [1.54, 1.807) is 20.8 Å². The Morgan fingerprint density at radius 2 is 1.26 bits per heavy atom. The van der Waals surface area contributed by atoms with Crippen LogP contribution < -0.4 is 27.4 Å². The quantitative estimate of drug-likeness (QED) is 0.132. The van der Waals surface area contributed by atoms with Crippen LogP contribution in [0.1, 0.15) is 66.2 Å². The van der Waals surface area contributed by atoms with Crippen LogP contribution >= 0.6 is 0 Å². The average Bonchev–Trinajstić information content (AvgIpc) is 2.78. The fourth-order valence-electron chi connectivity index (χ4n) is 3.18. The van der Waals surface area contributed by atoms with Crippen LogP contribution in [0.5, 0.6) is 0 Å². The second-order valence-corrected chi connectivity index (χ2v) is 8.63. The number of rotatable bonds is 17. The third-order valence-corrected chi connectivity index (χ3v) is 5.89. The zero-order chi connectivity index (χ0) is 26.4. The maximum atomic E-state index is 13.1. The SMILES string of the molecule is CCC(C)C(NC(=O)C(N)CCCCN)C(=O)NC(C(=O)NC(CC(=O)O)C(=O)O)C(C)CC. The highest BCUT2D eigenvalue weighted by Crippen LogP contribution is 2.13. The van der Waals surface area contributed by atoms with Crippen molar-refractivity contribution < 1.29 is 34.2 Å². The third-order valence-electron chi connectivity index (χ3n) is 5.89. The molecule has 0 spiro atoms. The van der Waals surface area contributed by atoms with Crippen LogP contribution in [0.4, 0.5) is 0 Å². The van der Waals surface area contributed by atoms with E-state index in [9.17, 15) is 29.1 Å².